The van der Waals surface area contributed by atoms with Gasteiger partial charge in [-0.15, -0.1) is 0 Å². The second kappa shape index (κ2) is 5.35. The maximum absolute atomic E-state index is 11.5. The molecule has 1 amide bonds. The number of hydrogen-bond acceptors (Lipinski definition) is 4. The van der Waals surface area contributed by atoms with Gasteiger partial charge in [0.05, 0.1) is 12.0 Å². The lowest BCUT2D eigenvalue weighted by Crippen LogP contribution is -2.51. The molecule has 1 N–H and O–H groups in total. The van der Waals surface area contributed by atoms with Crippen LogP contribution in [0.5, 0.6) is 5.75 Å². The van der Waals surface area contributed by atoms with Crippen LogP contribution in [0.1, 0.15) is 16.8 Å². The smallest absolute Gasteiger partial charge is 0.338 e. The highest BCUT2D eigenvalue weighted by Crippen LogP contribution is 2.17. The zero-order chi connectivity index (χ0) is 13.0. The molecular weight excluding hydrogens is 234 g/mol. The third kappa shape index (κ3) is 2.88. The van der Waals surface area contributed by atoms with Crippen molar-refractivity contribution in [3.8, 4) is 5.75 Å². The fourth-order valence-electron chi connectivity index (χ4n) is 1.45. The van der Waals surface area contributed by atoms with Gasteiger partial charge in [-0.25, -0.2) is 4.79 Å². The van der Waals surface area contributed by atoms with Crippen molar-refractivity contribution < 1.29 is 19.1 Å². The second-order valence-corrected chi connectivity index (χ2v) is 3.79. The molecule has 1 unspecified atom stereocenters. The molecule has 1 atom stereocenters. The summed E-state index contributed by atoms with van der Waals surface area (Å²) < 4.78 is 10.3. The number of carbonyl (C=O) groups excluding carboxylic acids is 2. The summed E-state index contributed by atoms with van der Waals surface area (Å²) in [4.78, 5) is 22.2. The van der Waals surface area contributed by atoms with E-state index in [0.29, 0.717) is 17.7 Å². The number of amides is 1. The Bertz CT molecular complexity index is 458. The number of esters is 1. The van der Waals surface area contributed by atoms with E-state index in [1.54, 1.807) is 24.3 Å². The Kier molecular flexibility index (Phi) is 3.62. The van der Waals surface area contributed by atoms with Crippen molar-refractivity contribution in [2.24, 2.45) is 0 Å². The van der Waals surface area contributed by atoms with E-state index in [2.05, 4.69) is 11.9 Å². The lowest BCUT2D eigenvalue weighted by atomic mass is 10.2. The molecule has 5 nitrogen and oxygen atoms in total. The van der Waals surface area contributed by atoms with Crippen molar-refractivity contribution in [3.05, 3.63) is 42.5 Å². The Morgan fingerprint density at radius 3 is 2.67 bits per heavy atom. The van der Waals surface area contributed by atoms with Crippen LogP contribution in [0, 0.1) is 0 Å². The van der Waals surface area contributed by atoms with Gasteiger partial charge in [-0.1, -0.05) is 12.7 Å². The van der Waals surface area contributed by atoms with E-state index < -0.39 is 5.97 Å². The fourth-order valence-corrected chi connectivity index (χ4v) is 1.45. The molecule has 1 aliphatic rings. The molecule has 94 valence electrons. The number of ether oxygens (including phenoxy) is 2. The molecule has 0 saturated carbocycles. The minimum atomic E-state index is -0.404. The number of nitrogens with one attached hydrogen (secondary N) is 1. The molecule has 1 aromatic rings. The van der Waals surface area contributed by atoms with E-state index in [-0.39, 0.29) is 18.7 Å². The topological polar surface area (TPSA) is 64.6 Å². The Labute approximate surface area is 104 Å². The maximum Gasteiger partial charge on any atom is 0.338 e. The zero-order valence-electron chi connectivity index (χ0n) is 9.72. The van der Waals surface area contributed by atoms with Gasteiger partial charge in [0.2, 0.25) is 5.91 Å². The van der Waals surface area contributed by atoms with Crippen LogP contribution in [-0.2, 0) is 9.53 Å². The average molecular weight is 247 g/mol. The van der Waals surface area contributed by atoms with Crippen molar-refractivity contribution in [1.82, 2.24) is 5.32 Å². The Hall–Kier alpha value is -2.30. The van der Waals surface area contributed by atoms with Gasteiger partial charge < -0.3 is 14.8 Å². The van der Waals surface area contributed by atoms with Crippen molar-refractivity contribution in [2.75, 3.05) is 6.61 Å². The van der Waals surface area contributed by atoms with Crippen LogP contribution >= 0.6 is 0 Å². The van der Waals surface area contributed by atoms with Crippen molar-refractivity contribution in [2.45, 2.75) is 12.6 Å². The van der Waals surface area contributed by atoms with Gasteiger partial charge in [-0.05, 0) is 24.3 Å². The second-order valence-electron chi connectivity index (χ2n) is 3.79. The first kappa shape index (κ1) is 12.2. The van der Waals surface area contributed by atoms with E-state index in [0.717, 1.165) is 0 Å². The number of rotatable bonds is 5. The maximum atomic E-state index is 11.5. The monoisotopic (exact) mass is 247 g/mol. The third-order valence-electron chi connectivity index (χ3n) is 2.39. The highest BCUT2D eigenvalue weighted by Gasteiger charge is 2.26. The molecule has 18 heavy (non-hydrogen) atoms. The minimum Gasteiger partial charge on any atom is -0.470 e. The summed E-state index contributed by atoms with van der Waals surface area (Å²) in [5.41, 5.74) is 0.446. The van der Waals surface area contributed by atoms with Crippen LogP contribution in [0.3, 0.4) is 0 Å². The molecular formula is C13H13NO4. The normalized spacial score (nSPS) is 17.3. The lowest BCUT2D eigenvalue weighted by Gasteiger charge is -2.27. The Morgan fingerprint density at radius 2 is 2.11 bits per heavy atom. The predicted molar refractivity (Wildman–Crippen MR) is 64.1 cm³/mol. The molecule has 0 spiro atoms. The highest BCUT2D eigenvalue weighted by atomic mass is 16.5. The summed E-state index contributed by atoms with van der Waals surface area (Å²) >= 11 is 0. The largest absolute Gasteiger partial charge is 0.470 e. The van der Waals surface area contributed by atoms with Gasteiger partial charge >= 0.3 is 5.97 Å². The van der Waals surface area contributed by atoms with Crippen LogP contribution in [0.4, 0.5) is 0 Å². The van der Waals surface area contributed by atoms with Crippen LogP contribution in [0.2, 0.25) is 0 Å². The summed E-state index contributed by atoms with van der Waals surface area (Å²) in [7, 11) is 0. The van der Waals surface area contributed by atoms with Crippen molar-refractivity contribution >= 4 is 11.9 Å². The van der Waals surface area contributed by atoms with Crippen LogP contribution in [-0.4, -0.2) is 24.7 Å². The number of carbonyl (C=O) groups is 2. The van der Waals surface area contributed by atoms with Crippen LogP contribution < -0.4 is 10.1 Å². The SMILES string of the molecule is C=CCOC(=O)c1ccc(OC2CC(=O)N2)cc1. The van der Waals surface area contributed by atoms with Crippen LogP contribution in [0.25, 0.3) is 0 Å². The number of β-lactam (4-membered cyclic amide) rings is 1. The first-order valence-corrected chi connectivity index (χ1v) is 5.53. The quantitative estimate of drug-likeness (QED) is 0.483. The molecule has 1 heterocycles. The molecule has 1 saturated heterocycles. The Morgan fingerprint density at radius 1 is 1.44 bits per heavy atom. The molecule has 0 aromatic heterocycles. The van der Waals surface area contributed by atoms with Crippen molar-refractivity contribution in [1.29, 1.82) is 0 Å². The number of benzene rings is 1. The first-order chi connectivity index (χ1) is 8.69. The standard InChI is InChI=1S/C13H13NO4/c1-2-7-17-13(16)9-3-5-10(6-4-9)18-12-8-11(15)14-12/h2-6,12H,1,7-8H2,(H,14,15). The van der Waals surface area contributed by atoms with E-state index in [9.17, 15) is 9.59 Å². The predicted octanol–water partition coefficient (Wildman–Crippen LogP) is 1.25. The number of hydrogen-bond donors (Lipinski definition) is 1. The summed E-state index contributed by atoms with van der Waals surface area (Å²) in [5, 5.41) is 2.59. The van der Waals surface area contributed by atoms with E-state index >= 15 is 0 Å². The summed E-state index contributed by atoms with van der Waals surface area (Å²) in [6, 6.07) is 6.55. The van der Waals surface area contributed by atoms with E-state index in [1.807, 2.05) is 0 Å². The lowest BCUT2D eigenvalue weighted by molar-refractivity contribution is -0.134. The summed E-state index contributed by atoms with van der Waals surface area (Å²) in [6.07, 6.45) is 1.61. The van der Waals surface area contributed by atoms with Gasteiger partial charge in [0, 0.05) is 0 Å². The summed E-state index contributed by atoms with van der Waals surface area (Å²) in [6.45, 7) is 3.65. The van der Waals surface area contributed by atoms with Gasteiger partial charge in [-0.3, -0.25) is 4.79 Å². The van der Waals surface area contributed by atoms with Gasteiger partial charge in [0.25, 0.3) is 0 Å². The third-order valence-corrected chi connectivity index (χ3v) is 2.39. The van der Waals surface area contributed by atoms with Crippen LogP contribution in [0.15, 0.2) is 36.9 Å². The molecule has 5 heteroatoms. The Balaban J connectivity index is 1.90. The molecule has 1 aliphatic heterocycles. The molecule has 1 fully saturated rings. The van der Waals surface area contributed by atoms with E-state index in [1.165, 1.54) is 6.08 Å². The summed E-state index contributed by atoms with van der Waals surface area (Å²) in [5.74, 6) is 0.170. The van der Waals surface area contributed by atoms with Gasteiger partial charge in [0.1, 0.15) is 12.4 Å². The zero-order valence-corrected chi connectivity index (χ0v) is 9.72. The van der Waals surface area contributed by atoms with Crippen molar-refractivity contribution in [3.63, 3.8) is 0 Å². The molecule has 1 aromatic carbocycles. The molecule has 0 aliphatic carbocycles. The van der Waals surface area contributed by atoms with E-state index in [4.69, 9.17) is 9.47 Å². The average Bonchev–Trinajstić information content (AvgIpc) is 2.35. The first-order valence-electron chi connectivity index (χ1n) is 5.53. The van der Waals surface area contributed by atoms with Gasteiger partial charge in [-0.2, -0.15) is 0 Å². The molecule has 2 rings (SSSR count). The fraction of sp³-hybridized carbons (Fsp3) is 0.231. The van der Waals surface area contributed by atoms with Gasteiger partial charge in [0.15, 0.2) is 6.23 Å². The minimum absolute atomic E-state index is 0.0235. The highest BCUT2D eigenvalue weighted by molar-refractivity contribution is 5.89. The molecule has 0 bridgehead atoms. The molecule has 0 radical (unpaired) electrons.